The van der Waals surface area contributed by atoms with Crippen molar-refractivity contribution in [2.45, 2.75) is 6.92 Å². The molecule has 1 N–H and O–H groups in total. The molecular weight excluding hydrogens is 393 g/mol. The molecule has 22 heavy (non-hydrogen) atoms. The van der Waals surface area contributed by atoms with Crippen LogP contribution in [0.2, 0.25) is 0 Å². The number of carbonyl (C=O) groups excluding carboxylic acids is 1. The zero-order valence-corrected chi connectivity index (χ0v) is 14.5. The minimum atomic E-state index is -0.156. The molecule has 1 amide bonds. The van der Waals surface area contributed by atoms with Crippen molar-refractivity contribution in [2.75, 3.05) is 25.1 Å². The second-order valence-corrected chi connectivity index (χ2v) is 5.78. The summed E-state index contributed by atoms with van der Waals surface area (Å²) in [6.07, 6.45) is 0. The van der Waals surface area contributed by atoms with Crippen LogP contribution >= 0.6 is 22.6 Å². The molecule has 0 saturated carbocycles. The summed E-state index contributed by atoms with van der Waals surface area (Å²) in [5.41, 5.74) is 1.33. The lowest BCUT2D eigenvalue weighted by Gasteiger charge is -2.09. The molecule has 0 aromatic heterocycles. The molecule has 0 bridgehead atoms. The molecule has 2 rings (SSSR count). The third kappa shape index (κ3) is 5.31. The third-order valence-corrected chi connectivity index (χ3v) is 3.62. The van der Waals surface area contributed by atoms with Crippen molar-refractivity contribution in [2.24, 2.45) is 0 Å². The molecule has 0 atom stereocenters. The van der Waals surface area contributed by atoms with Gasteiger partial charge < -0.3 is 14.8 Å². The summed E-state index contributed by atoms with van der Waals surface area (Å²) >= 11 is 2.23. The van der Waals surface area contributed by atoms with Crippen LogP contribution in [-0.4, -0.2) is 25.7 Å². The molecule has 4 nitrogen and oxygen atoms in total. The Morgan fingerprint density at radius 3 is 2.64 bits per heavy atom. The molecule has 0 unspecified atom stereocenters. The van der Waals surface area contributed by atoms with E-state index in [0.717, 1.165) is 9.26 Å². The summed E-state index contributed by atoms with van der Waals surface area (Å²) in [7, 11) is 0. The monoisotopic (exact) mass is 411 g/mol. The fraction of sp³-hybridized carbons (Fsp3) is 0.235. The van der Waals surface area contributed by atoms with Gasteiger partial charge in [-0.3, -0.25) is 4.79 Å². The number of amides is 1. The summed E-state index contributed by atoms with van der Waals surface area (Å²) in [6, 6.07) is 14.8. The summed E-state index contributed by atoms with van der Waals surface area (Å²) in [5.74, 6) is 0.506. The van der Waals surface area contributed by atoms with Gasteiger partial charge in [0.15, 0.2) is 0 Å². The van der Waals surface area contributed by atoms with Crippen molar-refractivity contribution in [1.29, 1.82) is 0 Å². The smallest absolute Gasteiger partial charge is 0.255 e. The van der Waals surface area contributed by atoms with E-state index in [1.807, 2.05) is 37.3 Å². The largest absolute Gasteiger partial charge is 0.491 e. The van der Waals surface area contributed by atoms with Gasteiger partial charge in [0.1, 0.15) is 12.4 Å². The number of ether oxygens (including phenoxy) is 2. The molecular formula is C17H18INO3. The fourth-order valence-corrected chi connectivity index (χ4v) is 2.19. The van der Waals surface area contributed by atoms with E-state index in [0.29, 0.717) is 31.1 Å². The van der Waals surface area contributed by atoms with E-state index in [9.17, 15) is 4.79 Å². The highest BCUT2D eigenvalue weighted by Gasteiger charge is 2.07. The maximum Gasteiger partial charge on any atom is 0.255 e. The Bertz CT molecular complexity index is 614. The normalized spacial score (nSPS) is 10.3. The molecule has 2 aromatic rings. The van der Waals surface area contributed by atoms with E-state index < -0.39 is 0 Å². The first-order valence-corrected chi connectivity index (χ1v) is 8.14. The number of hydrogen-bond donors (Lipinski definition) is 1. The molecule has 0 aliphatic heterocycles. The summed E-state index contributed by atoms with van der Waals surface area (Å²) in [4.78, 5) is 12.2. The van der Waals surface area contributed by atoms with Crippen LogP contribution < -0.4 is 10.1 Å². The number of rotatable bonds is 7. The number of benzene rings is 2. The maximum absolute atomic E-state index is 12.2. The van der Waals surface area contributed by atoms with Crippen molar-refractivity contribution in [3.05, 3.63) is 57.7 Å². The molecule has 116 valence electrons. The van der Waals surface area contributed by atoms with Gasteiger partial charge in [0, 0.05) is 21.4 Å². The number of nitrogens with one attached hydrogen (secondary N) is 1. The van der Waals surface area contributed by atoms with Gasteiger partial charge in [-0.25, -0.2) is 0 Å². The SMILES string of the molecule is CCOCCOc1cccc(C(=O)Nc2ccc(I)cc2)c1. The number of halogens is 1. The van der Waals surface area contributed by atoms with Gasteiger partial charge in [-0.1, -0.05) is 6.07 Å². The van der Waals surface area contributed by atoms with Crippen molar-refractivity contribution in [1.82, 2.24) is 0 Å². The molecule has 0 aliphatic rings. The fourth-order valence-electron chi connectivity index (χ4n) is 1.83. The highest BCUT2D eigenvalue weighted by atomic mass is 127. The van der Waals surface area contributed by atoms with Crippen LogP contribution in [0.5, 0.6) is 5.75 Å². The van der Waals surface area contributed by atoms with Crippen molar-refractivity contribution < 1.29 is 14.3 Å². The Balaban J connectivity index is 1.96. The van der Waals surface area contributed by atoms with Crippen LogP contribution in [0.4, 0.5) is 5.69 Å². The Kier molecular flexibility index (Phi) is 6.67. The van der Waals surface area contributed by atoms with Crippen LogP contribution in [0.1, 0.15) is 17.3 Å². The predicted molar refractivity (Wildman–Crippen MR) is 95.5 cm³/mol. The molecule has 0 heterocycles. The average molecular weight is 411 g/mol. The minimum Gasteiger partial charge on any atom is -0.491 e. The molecule has 0 aliphatic carbocycles. The van der Waals surface area contributed by atoms with Gasteiger partial charge in [0.05, 0.1) is 6.61 Å². The first-order chi connectivity index (χ1) is 10.7. The first-order valence-electron chi connectivity index (χ1n) is 7.06. The lowest BCUT2D eigenvalue weighted by atomic mass is 10.2. The molecule has 0 saturated heterocycles. The van der Waals surface area contributed by atoms with Gasteiger partial charge >= 0.3 is 0 Å². The first kappa shape index (κ1) is 16.8. The van der Waals surface area contributed by atoms with Crippen LogP contribution in [-0.2, 0) is 4.74 Å². The average Bonchev–Trinajstić information content (AvgIpc) is 2.54. The zero-order valence-electron chi connectivity index (χ0n) is 12.3. The molecule has 0 fully saturated rings. The van der Waals surface area contributed by atoms with Gasteiger partial charge in [-0.05, 0) is 72.0 Å². The van der Waals surface area contributed by atoms with E-state index in [-0.39, 0.29) is 5.91 Å². The van der Waals surface area contributed by atoms with Crippen molar-refractivity contribution in [3.63, 3.8) is 0 Å². The van der Waals surface area contributed by atoms with Crippen molar-refractivity contribution >= 4 is 34.2 Å². The standard InChI is InChI=1S/C17H18INO3/c1-2-21-10-11-22-16-5-3-4-13(12-16)17(20)19-15-8-6-14(18)7-9-15/h3-9,12H,2,10-11H2,1H3,(H,19,20). The molecule has 2 aromatic carbocycles. The Labute approximate surface area is 144 Å². The van der Waals surface area contributed by atoms with E-state index in [2.05, 4.69) is 27.9 Å². The quantitative estimate of drug-likeness (QED) is 0.555. The molecule has 5 heteroatoms. The van der Waals surface area contributed by atoms with Crippen LogP contribution in [0.25, 0.3) is 0 Å². The van der Waals surface area contributed by atoms with Crippen LogP contribution in [0, 0.1) is 3.57 Å². The van der Waals surface area contributed by atoms with E-state index in [1.54, 1.807) is 18.2 Å². The predicted octanol–water partition coefficient (Wildman–Crippen LogP) is 3.96. The number of hydrogen-bond acceptors (Lipinski definition) is 3. The van der Waals surface area contributed by atoms with Gasteiger partial charge in [-0.2, -0.15) is 0 Å². The van der Waals surface area contributed by atoms with E-state index in [4.69, 9.17) is 9.47 Å². The molecule has 0 spiro atoms. The maximum atomic E-state index is 12.2. The Hall–Kier alpha value is -1.60. The Morgan fingerprint density at radius 2 is 1.91 bits per heavy atom. The highest BCUT2D eigenvalue weighted by Crippen LogP contribution is 2.16. The lowest BCUT2D eigenvalue weighted by molar-refractivity contribution is 0.102. The van der Waals surface area contributed by atoms with E-state index >= 15 is 0 Å². The summed E-state index contributed by atoms with van der Waals surface area (Å²) < 4.78 is 11.9. The van der Waals surface area contributed by atoms with E-state index in [1.165, 1.54) is 0 Å². The second kappa shape index (κ2) is 8.75. The topological polar surface area (TPSA) is 47.6 Å². The van der Waals surface area contributed by atoms with Gasteiger partial charge in [0.2, 0.25) is 0 Å². The summed E-state index contributed by atoms with van der Waals surface area (Å²) in [6.45, 7) is 3.61. The van der Waals surface area contributed by atoms with Crippen molar-refractivity contribution in [3.8, 4) is 5.75 Å². The van der Waals surface area contributed by atoms with Gasteiger partial charge in [-0.15, -0.1) is 0 Å². The zero-order chi connectivity index (χ0) is 15.8. The summed E-state index contributed by atoms with van der Waals surface area (Å²) in [5, 5.41) is 2.87. The second-order valence-electron chi connectivity index (χ2n) is 4.53. The minimum absolute atomic E-state index is 0.156. The van der Waals surface area contributed by atoms with Crippen LogP contribution in [0.3, 0.4) is 0 Å². The molecule has 0 radical (unpaired) electrons. The number of carbonyl (C=O) groups is 1. The lowest BCUT2D eigenvalue weighted by Crippen LogP contribution is -2.12. The Morgan fingerprint density at radius 1 is 1.14 bits per heavy atom. The third-order valence-electron chi connectivity index (χ3n) is 2.90. The van der Waals surface area contributed by atoms with Crippen LogP contribution in [0.15, 0.2) is 48.5 Å². The highest BCUT2D eigenvalue weighted by molar-refractivity contribution is 14.1. The number of anilines is 1. The van der Waals surface area contributed by atoms with Gasteiger partial charge in [0.25, 0.3) is 5.91 Å².